The second-order valence-corrected chi connectivity index (χ2v) is 13.8. The molecule has 41 heavy (non-hydrogen) atoms. The summed E-state index contributed by atoms with van der Waals surface area (Å²) in [4.78, 5) is 38.8. The first kappa shape index (κ1) is 27.2. The topological polar surface area (TPSA) is 116 Å². The minimum absolute atomic E-state index is 0.0289. The van der Waals surface area contributed by atoms with Gasteiger partial charge in [-0.1, -0.05) is 18.6 Å². The largest absolute Gasteiger partial charge is 0.363 e. The molecule has 2 fully saturated rings. The van der Waals surface area contributed by atoms with Gasteiger partial charge in [-0.05, 0) is 80.6 Å². The summed E-state index contributed by atoms with van der Waals surface area (Å²) in [5.74, 6) is 0.290. The summed E-state index contributed by atoms with van der Waals surface area (Å²) in [5, 5.41) is 3.37. The first-order valence-electron chi connectivity index (χ1n) is 13.8. The first-order chi connectivity index (χ1) is 19.4. The van der Waals surface area contributed by atoms with E-state index in [0.29, 0.717) is 23.7 Å². The lowest BCUT2D eigenvalue weighted by Crippen LogP contribution is -2.43. The van der Waals surface area contributed by atoms with E-state index in [1.807, 2.05) is 37.3 Å². The minimum atomic E-state index is -3.52. The van der Waals surface area contributed by atoms with Crippen molar-refractivity contribution in [2.75, 3.05) is 27.3 Å². The van der Waals surface area contributed by atoms with Crippen LogP contribution in [0.1, 0.15) is 62.8 Å². The number of aromatic nitrogens is 2. The quantitative estimate of drug-likeness (QED) is 0.410. The number of carbonyl (C=O) groups excluding carboxylic acids is 2. The van der Waals surface area contributed by atoms with E-state index in [-0.39, 0.29) is 23.9 Å². The monoisotopic (exact) mass is 574 g/mol. The van der Waals surface area contributed by atoms with Gasteiger partial charge in [-0.3, -0.25) is 14.1 Å². The third-order valence-electron chi connectivity index (χ3n) is 8.77. The predicted molar refractivity (Wildman–Crippen MR) is 157 cm³/mol. The normalized spacial score (nSPS) is 19.9. The molecule has 2 aromatic heterocycles. The van der Waals surface area contributed by atoms with Crippen LogP contribution in [0.3, 0.4) is 0 Å². The number of urea groups is 1. The Morgan fingerprint density at radius 1 is 1.07 bits per heavy atom. The van der Waals surface area contributed by atoms with Crippen molar-refractivity contribution in [3.05, 3.63) is 77.7 Å². The van der Waals surface area contributed by atoms with Gasteiger partial charge in [-0.2, -0.15) is 0 Å². The highest BCUT2D eigenvalue weighted by molar-refractivity contribution is 7.92. The number of carbonyl (C=O) groups is 2. The molecule has 11 heteroatoms. The molecule has 1 saturated heterocycles. The molecule has 0 bridgehead atoms. The molecular weight excluding hydrogens is 540 g/mol. The molecule has 1 aromatic carbocycles. The van der Waals surface area contributed by atoms with E-state index in [9.17, 15) is 18.0 Å². The summed E-state index contributed by atoms with van der Waals surface area (Å²) in [6.07, 6.45) is 9.32. The minimum Gasteiger partial charge on any atom is -0.363 e. The molecule has 3 amide bonds. The smallest absolute Gasteiger partial charge is 0.332 e. The summed E-state index contributed by atoms with van der Waals surface area (Å²) in [5.41, 5.74) is 2.47. The predicted octanol–water partition coefficient (Wildman–Crippen LogP) is 4.60. The molecule has 3 aromatic rings. The van der Waals surface area contributed by atoms with E-state index < -0.39 is 21.6 Å². The lowest BCUT2D eigenvalue weighted by molar-refractivity contribution is -0.123. The van der Waals surface area contributed by atoms with E-state index in [4.69, 9.17) is 0 Å². The van der Waals surface area contributed by atoms with Crippen LogP contribution in [0.25, 0.3) is 0 Å². The number of nitrogens with zero attached hydrogens (tertiary/aromatic N) is 5. The number of amides is 3. The maximum absolute atomic E-state index is 13.8. The third kappa shape index (κ3) is 4.52. The van der Waals surface area contributed by atoms with Crippen LogP contribution in [-0.2, 0) is 26.8 Å². The Kier molecular flexibility index (Phi) is 6.33. The van der Waals surface area contributed by atoms with Crippen LogP contribution in [0, 0.1) is 0 Å². The average molecular weight is 575 g/mol. The van der Waals surface area contributed by atoms with Gasteiger partial charge in [0.05, 0.1) is 23.7 Å². The molecule has 1 spiro atoms. The summed E-state index contributed by atoms with van der Waals surface area (Å²) in [6, 6.07) is 12.5. The molecule has 2 aliphatic heterocycles. The molecule has 0 unspecified atom stereocenters. The lowest BCUT2D eigenvalue weighted by atomic mass is 9.66. The number of fused-ring (bicyclic) bond motifs is 2. The molecule has 10 nitrogen and oxygen atoms in total. The maximum Gasteiger partial charge on any atom is 0.332 e. The van der Waals surface area contributed by atoms with Gasteiger partial charge < -0.3 is 10.2 Å². The Bertz CT molecular complexity index is 1640. The number of hydrogen-bond acceptors (Lipinski definition) is 7. The van der Waals surface area contributed by atoms with Crippen LogP contribution in [-0.4, -0.2) is 53.6 Å². The molecule has 4 heterocycles. The van der Waals surface area contributed by atoms with Gasteiger partial charge in [0.25, 0.3) is 5.91 Å². The van der Waals surface area contributed by atoms with Gasteiger partial charge in [0.15, 0.2) is 0 Å². The average Bonchev–Trinajstić information content (AvgIpc) is 3.35. The SMILES string of the molecule is C[C@@H](Nc1cc(CN2C(=O)N(c3ccc4c(c3)N(S(C)(=O)=O)CC43CCC3)C(=O)C2(C)C)ccn1)c1cccnc1. The molecule has 1 N–H and O–H groups in total. The van der Waals surface area contributed by atoms with Gasteiger partial charge in [0.2, 0.25) is 10.0 Å². The number of nitrogens with one attached hydrogen (secondary N) is 1. The Morgan fingerprint density at radius 3 is 2.51 bits per heavy atom. The van der Waals surface area contributed by atoms with Crippen molar-refractivity contribution < 1.29 is 18.0 Å². The zero-order valence-electron chi connectivity index (χ0n) is 23.7. The van der Waals surface area contributed by atoms with Crippen molar-refractivity contribution in [2.45, 2.75) is 63.6 Å². The fourth-order valence-electron chi connectivity index (χ4n) is 6.19. The Morgan fingerprint density at radius 2 is 1.85 bits per heavy atom. The molecule has 6 rings (SSSR count). The summed E-state index contributed by atoms with van der Waals surface area (Å²) in [7, 11) is -3.52. The van der Waals surface area contributed by atoms with Crippen LogP contribution < -0.4 is 14.5 Å². The van der Waals surface area contributed by atoms with Crippen molar-refractivity contribution in [3.63, 3.8) is 0 Å². The molecule has 214 valence electrons. The number of sulfonamides is 1. The number of imide groups is 1. The zero-order valence-corrected chi connectivity index (χ0v) is 24.5. The number of hydrogen-bond donors (Lipinski definition) is 1. The molecule has 0 radical (unpaired) electrons. The zero-order chi connectivity index (χ0) is 29.2. The highest BCUT2D eigenvalue weighted by Crippen LogP contribution is 2.54. The van der Waals surface area contributed by atoms with Gasteiger partial charge in [-0.25, -0.2) is 23.1 Å². The first-order valence-corrected chi connectivity index (χ1v) is 15.7. The van der Waals surface area contributed by atoms with Gasteiger partial charge in [0, 0.05) is 37.1 Å². The highest BCUT2D eigenvalue weighted by atomic mass is 32.2. The molecule has 1 aliphatic carbocycles. The van der Waals surface area contributed by atoms with Crippen molar-refractivity contribution in [1.29, 1.82) is 0 Å². The Balaban J connectivity index is 1.27. The van der Waals surface area contributed by atoms with Crippen molar-refractivity contribution >= 4 is 39.2 Å². The third-order valence-corrected chi connectivity index (χ3v) is 9.90. The molecule has 1 saturated carbocycles. The van der Waals surface area contributed by atoms with Crippen molar-refractivity contribution in [3.8, 4) is 0 Å². The van der Waals surface area contributed by atoms with E-state index >= 15 is 0 Å². The second-order valence-electron chi connectivity index (χ2n) is 11.9. The second kappa shape index (κ2) is 9.54. The number of anilines is 3. The lowest BCUT2D eigenvalue weighted by Gasteiger charge is -2.38. The van der Waals surface area contributed by atoms with E-state index in [2.05, 4.69) is 15.3 Å². The number of rotatable bonds is 7. The molecular formula is C30H34N6O4S. The van der Waals surface area contributed by atoms with Crippen LogP contribution in [0.5, 0.6) is 0 Å². The van der Waals surface area contributed by atoms with E-state index in [1.54, 1.807) is 49.5 Å². The summed E-state index contributed by atoms with van der Waals surface area (Å²) in [6.45, 7) is 6.09. The fourth-order valence-corrected chi connectivity index (χ4v) is 7.18. The van der Waals surface area contributed by atoms with Crippen molar-refractivity contribution in [2.24, 2.45) is 0 Å². The number of benzene rings is 1. The van der Waals surface area contributed by atoms with E-state index in [1.165, 1.54) is 15.5 Å². The summed E-state index contributed by atoms with van der Waals surface area (Å²) < 4.78 is 26.8. The molecule has 3 aliphatic rings. The van der Waals surface area contributed by atoms with Gasteiger partial charge >= 0.3 is 6.03 Å². The molecule has 1 atom stereocenters. The van der Waals surface area contributed by atoms with Crippen LogP contribution in [0.2, 0.25) is 0 Å². The summed E-state index contributed by atoms with van der Waals surface area (Å²) >= 11 is 0. The number of pyridine rings is 2. The maximum atomic E-state index is 13.8. The highest BCUT2D eigenvalue weighted by Gasteiger charge is 2.53. The Labute approximate surface area is 240 Å². The van der Waals surface area contributed by atoms with Crippen LogP contribution in [0.15, 0.2) is 61.1 Å². The fraction of sp³-hybridized carbons (Fsp3) is 0.400. The van der Waals surface area contributed by atoms with Crippen LogP contribution >= 0.6 is 0 Å². The standard InChI is InChI=1S/C30H34N6O4S/c1-20(22-7-5-13-31-17-22)33-26-15-21(10-14-32-26)18-34-28(38)36(27(37)29(34,2)3)23-8-9-24-25(16-23)35(41(4,39)40)19-30(24)11-6-12-30/h5,7-10,13-17,20H,6,11-12,18-19H2,1-4H3,(H,32,33)/t20-/m1/s1. The Hall–Kier alpha value is -3.99. The van der Waals surface area contributed by atoms with Crippen LogP contribution in [0.4, 0.5) is 22.0 Å². The van der Waals surface area contributed by atoms with E-state index in [0.717, 1.165) is 36.0 Å². The van der Waals surface area contributed by atoms with Crippen molar-refractivity contribution in [1.82, 2.24) is 14.9 Å². The van der Waals surface area contributed by atoms with Gasteiger partial charge in [0.1, 0.15) is 11.4 Å². The van der Waals surface area contributed by atoms with Gasteiger partial charge in [-0.15, -0.1) is 0 Å².